The molecule has 1 aliphatic heterocycles. The van der Waals surface area contributed by atoms with Crippen molar-refractivity contribution in [2.45, 2.75) is 25.8 Å². The Labute approximate surface area is 129 Å². The topological polar surface area (TPSA) is 38.2 Å². The number of nitrogens with zero attached hydrogens (tertiary/aromatic N) is 3. The molecule has 0 radical (unpaired) electrons. The number of ether oxygens (including phenoxy) is 1. The van der Waals surface area contributed by atoms with E-state index in [1.54, 1.807) is 7.11 Å². The molecule has 2 aromatic rings. The predicted molar refractivity (Wildman–Crippen MR) is 84.1 cm³/mol. The quantitative estimate of drug-likeness (QED) is 0.809. The van der Waals surface area contributed by atoms with Gasteiger partial charge in [-0.3, -0.25) is 0 Å². The van der Waals surface area contributed by atoms with Crippen LogP contribution in [0.15, 0.2) is 30.3 Å². The maximum atomic E-state index is 6.07. The Morgan fingerprint density at radius 3 is 2.67 bits per heavy atom. The molecule has 1 aromatic heterocycles. The molecule has 0 aliphatic carbocycles. The summed E-state index contributed by atoms with van der Waals surface area (Å²) in [7, 11) is 1.68. The van der Waals surface area contributed by atoms with Gasteiger partial charge >= 0.3 is 0 Å². The molecule has 2 heterocycles. The predicted octanol–water partition coefficient (Wildman–Crippen LogP) is 3.79. The third-order valence-electron chi connectivity index (χ3n) is 3.84. The maximum absolute atomic E-state index is 6.07. The highest BCUT2D eigenvalue weighted by Gasteiger charge is 2.27. The van der Waals surface area contributed by atoms with Gasteiger partial charge in [0.15, 0.2) is 0 Å². The molecule has 5 heteroatoms. The van der Waals surface area contributed by atoms with Crippen molar-refractivity contribution in [3.8, 4) is 5.75 Å². The first-order valence-corrected chi connectivity index (χ1v) is 7.47. The standard InChI is InChI=1S/C16H18ClN3O/c1-11-18-15(17)10-16(19-11)20-9-3-4-14(20)12-5-7-13(21-2)8-6-12/h5-8,10,14H,3-4,9H2,1-2H3. The summed E-state index contributed by atoms with van der Waals surface area (Å²) in [6.07, 6.45) is 2.27. The van der Waals surface area contributed by atoms with Crippen LogP contribution in [0.4, 0.5) is 5.82 Å². The molecule has 0 amide bonds. The normalized spacial score (nSPS) is 18.0. The molecule has 110 valence electrons. The fourth-order valence-corrected chi connectivity index (χ4v) is 3.10. The van der Waals surface area contributed by atoms with Crippen LogP contribution in [0.1, 0.15) is 30.3 Å². The Morgan fingerprint density at radius 1 is 1.24 bits per heavy atom. The van der Waals surface area contributed by atoms with Gasteiger partial charge in [-0.2, -0.15) is 0 Å². The van der Waals surface area contributed by atoms with E-state index in [-0.39, 0.29) is 0 Å². The van der Waals surface area contributed by atoms with E-state index in [0.717, 1.165) is 31.0 Å². The van der Waals surface area contributed by atoms with Crippen molar-refractivity contribution >= 4 is 17.4 Å². The summed E-state index contributed by atoms with van der Waals surface area (Å²) in [5.41, 5.74) is 1.28. The molecule has 1 aliphatic rings. The Kier molecular flexibility index (Phi) is 3.97. The average Bonchev–Trinajstić information content (AvgIpc) is 2.96. The van der Waals surface area contributed by atoms with Gasteiger partial charge in [-0.15, -0.1) is 0 Å². The van der Waals surface area contributed by atoms with Crippen LogP contribution in [-0.2, 0) is 0 Å². The van der Waals surface area contributed by atoms with Crippen LogP contribution in [0.2, 0.25) is 5.15 Å². The second-order valence-corrected chi connectivity index (χ2v) is 5.61. The number of anilines is 1. The summed E-state index contributed by atoms with van der Waals surface area (Å²) in [6, 6.07) is 10.4. The molecule has 0 saturated carbocycles. The van der Waals surface area contributed by atoms with Gasteiger partial charge in [0.1, 0.15) is 22.5 Å². The maximum Gasteiger partial charge on any atom is 0.134 e. The molecule has 3 rings (SSSR count). The lowest BCUT2D eigenvalue weighted by molar-refractivity contribution is 0.414. The largest absolute Gasteiger partial charge is 0.497 e. The number of hydrogen-bond acceptors (Lipinski definition) is 4. The lowest BCUT2D eigenvalue weighted by atomic mass is 10.0. The lowest BCUT2D eigenvalue weighted by Gasteiger charge is -2.26. The molecular formula is C16H18ClN3O. The number of rotatable bonds is 3. The molecule has 1 fully saturated rings. The van der Waals surface area contributed by atoms with Crippen LogP contribution in [0, 0.1) is 6.92 Å². The van der Waals surface area contributed by atoms with Crippen LogP contribution in [0.3, 0.4) is 0 Å². The minimum Gasteiger partial charge on any atom is -0.497 e. The summed E-state index contributed by atoms with van der Waals surface area (Å²) < 4.78 is 5.22. The molecule has 1 aromatic carbocycles. The van der Waals surface area contributed by atoms with Gasteiger partial charge in [0.2, 0.25) is 0 Å². The monoisotopic (exact) mass is 303 g/mol. The van der Waals surface area contributed by atoms with Gasteiger partial charge in [-0.05, 0) is 37.5 Å². The molecular weight excluding hydrogens is 286 g/mol. The van der Waals surface area contributed by atoms with Gasteiger partial charge in [-0.1, -0.05) is 23.7 Å². The Hall–Kier alpha value is -1.81. The highest BCUT2D eigenvalue weighted by atomic mass is 35.5. The second-order valence-electron chi connectivity index (χ2n) is 5.22. The minimum absolute atomic E-state index is 0.335. The minimum atomic E-state index is 0.335. The van der Waals surface area contributed by atoms with Crippen LogP contribution in [-0.4, -0.2) is 23.6 Å². The van der Waals surface area contributed by atoms with Crippen molar-refractivity contribution in [3.05, 3.63) is 46.9 Å². The second kappa shape index (κ2) is 5.90. The third kappa shape index (κ3) is 2.95. The molecule has 4 nitrogen and oxygen atoms in total. The molecule has 1 atom stereocenters. The molecule has 1 unspecified atom stereocenters. The fraction of sp³-hybridized carbons (Fsp3) is 0.375. The van der Waals surface area contributed by atoms with Crippen molar-refractivity contribution < 1.29 is 4.74 Å². The number of methoxy groups -OCH3 is 1. The highest BCUT2D eigenvalue weighted by Crippen LogP contribution is 2.36. The summed E-state index contributed by atoms with van der Waals surface area (Å²) in [6.45, 7) is 2.86. The van der Waals surface area contributed by atoms with Crippen LogP contribution < -0.4 is 9.64 Å². The van der Waals surface area contributed by atoms with Crippen molar-refractivity contribution in [2.24, 2.45) is 0 Å². The molecule has 0 bridgehead atoms. The number of aryl methyl sites for hydroxylation is 1. The Bertz CT molecular complexity index is 610. The number of aromatic nitrogens is 2. The number of hydrogen-bond donors (Lipinski definition) is 0. The van der Waals surface area contributed by atoms with E-state index in [9.17, 15) is 0 Å². The SMILES string of the molecule is COc1ccc(C2CCCN2c2cc(Cl)nc(C)n2)cc1. The third-order valence-corrected chi connectivity index (χ3v) is 4.03. The zero-order valence-corrected chi connectivity index (χ0v) is 13.0. The first-order valence-electron chi connectivity index (χ1n) is 7.09. The van der Waals surface area contributed by atoms with E-state index >= 15 is 0 Å². The van der Waals surface area contributed by atoms with Crippen LogP contribution in [0.5, 0.6) is 5.75 Å². The lowest BCUT2D eigenvalue weighted by Crippen LogP contribution is -2.24. The van der Waals surface area contributed by atoms with E-state index in [2.05, 4.69) is 27.0 Å². The summed E-state index contributed by atoms with van der Waals surface area (Å²) in [5, 5.41) is 0.498. The van der Waals surface area contributed by atoms with Gasteiger partial charge in [0, 0.05) is 12.6 Å². The van der Waals surface area contributed by atoms with E-state index in [4.69, 9.17) is 16.3 Å². The molecule has 1 saturated heterocycles. The van der Waals surface area contributed by atoms with Gasteiger partial charge < -0.3 is 9.64 Å². The van der Waals surface area contributed by atoms with Gasteiger partial charge in [-0.25, -0.2) is 9.97 Å². The highest BCUT2D eigenvalue weighted by molar-refractivity contribution is 6.29. The molecule has 0 N–H and O–H groups in total. The first-order chi connectivity index (χ1) is 10.2. The average molecular weight is 304 g/mol. The smallest absolute Gasteiger partial charge is 0.134 e. The zero-order valence-electron chi connectivity index (χ0n) is 12.2. The van der Waals surface area contributed by atoms with E-state index in [1.807, 2.05) is 25.1 Å². The fourth-order valence-electron chi connectivity index (χ4n) is 2.88. The summed E-state index contributed by atoms with van der Waals surface area (Å²) in [4.78, 5) is 11.0. The van der Waals surface area contributed by atoms with E-state index in [1.165, 1.54) is 5.56 Å². The van der Waals surface area contributed by atoms with Crippen molar-refractivity contribution in [2.75, 3.05) is 18.6 Å². The Morgan fingerprint density at radius 2 is 2.00 bits per heavy atom. The van der Waals surface area contributed by atoms with Crippen molar-refractivity contribution in [1.29, 1.82) is 0 Å². The van der Waals surface area contributed by atoms with E-state index in [0.29, 0.717) is 17.0 Å². The van der Waals surface area contributed by atoms with Crippen LogP contribution >= 0.6 is 11.6 Å². The zero-order chi connectivity index (χ0) is 14.8. The van der Waals surface area contributed by atoms with Crippen molar-refractivity contribution in [3.63, 3.8) is 0 Å². The molecule has 21 heavy (non-hydrogen) atoms. The summed E-state index contributed by atoms with van der Waals surface area (Å²) >= 11 is 6.07. The van der Waals surface area contributed by atoms with Gasteiger partial charge in [0.25, 0.3) is 0 Å². The van der Waals surface area contributed by atoms with Crippen LogP contribution in [0.25, 0.3) is 0 Å². The number of halogens is 1. The van der Waals surface area contributed by atoms with Crippen molar-refractivity contribution in [1.82, 2.24) is 9.97 Å². The van der Waals surface area contributed by atoms with Gasteiger partial charge in [0.05, 0.1) is 13.2 Å². The Balaban J connectivity index is 1.90. The first kappa shape index (κ1) is 14.1. The number of benzene rings is 1. The molecule has 0 spiro atoms. The summed E-state index contributed by atoms with van der Waals surface area (Å²) in [5.74, 6) is 2.49. The van der Waals surface area contributed by atoms with E-state index < -0.39 is 0 Å².